The highest BCUT2D eigenvalue weighted by molar-refractivity contribution is 5.85. The Hall–Kier alpha value is 0.210. The molecule has 68 valence electrons. The molecule has 0 aromatic rings. The summed E-state index contributed by atoms with van der Waals surface area (Å²) in [6.45, 7) is 2.53. The second-order valence-corrected chi connectivity index (χ2v) is 3.22. The van der Waals surface area contributed by atoms with Crippen molar-refractivity contribution in [2.24, 2.45) is 0 Å². The van der Waals surface area contributed by atoms with Crippen LogP contribution in [-0.2, 0) is 0 Å². The van der Waals surface area contributed by atoms with Gasteiger partial charge in [-0.25, -0.2) is 0 Å². The average molecular weight is 179 g/mol. The second-order valence-electron chi connectivity index (χ2n) is 3.22. The molecule has 0 bridgehead atoms. The lowest BCUT2D eigenvalue weighted by atomic mass is 10.1. The minimum absolute atomic E-state index is 0. The third-order valence-electron chi connectivity index (χ3n) is 2.36. The van der Waals surface area contributed by atoms with E-state index in [-0.39, 0.29) is 12.4 Å². The van der Waals surface area contributed by atoms with Gasteiger partial charge in [0.25, 0.3) is 0 Å². The van der Waals surface area contributed by atoms with Crippen molar-refractivity contribution in [1.82, 2.24) is 10.2 Å². The highest BCUT2D eigenvalue weighted by Crippen LogP contribution is 2.08. The SMILES string of the molecule is CNC1CCCN(C)CC1.Cl. The summed E-state index contributed by atoms with van der Waals surface area (Å²) in [7, 11) is 4.27. The summed E-state index contributed by atoms with van der Waals surface area (Å²) in [5.41, 5.74) is 0. The monoisotopic (exact) mass is 178 g/mol. The molecule has 1 rings (SSSR count). The van der Waals surface area contributed by atoms with Crippen molar-refractivity contribution in [3.63, 3.8) is 0 Å². The van der Waals surface area contributed by atoms with Gasteiger partial charge in [-0.3, -0.25) is 0 Å². The van der Waals surface area contributed by atoms with E-state index in [1.807, 2.05) is 0 Å². The van der Waals surface area contributed by atoms with Gasteiger partial charge >= 0.3 is 0 Å². The van der Waals surface area contributed by atoms with Crippen molar-refractivity contribution in [2.75, 3.05) is 27.2 Å². The van der Waals surface area contributed by atoms with Crippen molar-refractivity contribution in [1.29, 1.82) is 0 Å². The summed E-state index contributed by atoms with van der Waals surface area (Å²) in [4.78, 5) is 2.41. The first-order valence-electron chi connectivity index (χ1n) is 4.18. The lowest BCUT2D eigenvalue weighted by Crippen LogP contribution is -2.26. The first-order chi connectivity index (χ1) is 4.83. The van der Waals surface area contributed by atoms with Gasteiger partial charge in [-0.05, 0) is 46.4 Å². The summed E-state index contributed by atoms with van der Waals surface area (Å²) < 4.78 is 0. The predicted octanol–water partition coefficient (Wildman–Crippen LogP) is 1.11. The van der Waals surface area contributed by atoms with Crippen molar-refractivity contribution >= 4 is 12.4 Å². The molecule has 0 aliphatic carbocycles. The average Bonchev–Trinajstić information content (AvgIpc) is 2.14. The third-order valence-corrected chi connectivity index (χ3v) is 2.36. The fraction of sp³-hybridized carbons (Fsp3) is 1.00. The zero-order valence-electron chi connectivity index (χ0n) is 7.47. The molecule has 0 aromatic carbocycles. The van der Waals surface area contributed by atoms with E-state index in [4.69, 9.17) is 0 Å². The molecular formula is C8H19ClN2. The van der Waals surface area contributed by atoms with Gasteiger partial charge in [0.1, 0.15) is 0 Å². The maximum absolute atomic E-state index is 3.34. The Labute approximate surface area is 75.8 Å². The first-order valence-corrected chi connectivity index (χ1v) is 4.18. The smallest absolute Gasteiger partial charge is 0.00767 e. The Morgan fingerprint density at radius 1 is 1.27 bits per heavy atom. The van der Waals surface area contributed by atoms with Gasteiger partial charge < -0.3 is 10.2 Å². The molecular weight excluding hydrogens is 160 g/mol. The van der Waals surface area contributed by atoms with Gasteiger partial charge in [0.2, 0.25) is 0 Å². The standard InChI is InChI=1S/C8H18N2.ClH/c1-9-8-4-3-6-10(2)7-5-8;/h8-9H,3-7H2,1-2H3;1H. The normalized spacial score (nSPS) is 27.3. The first kappa shape index (κ1) is 11.2. The van der Waals surface area contributed by atoms with Crippen molar-refractivity contribution in [3.05, 3.63) is 0 Å². The Bertz CT molecular complexity index is 98.1. The Balaban J connectivity index is 0.000001000. The Morgan fingerprint density at radius 2 is 2.00 bits per heavy atom. The molecule has 1 fully saturated rings. The minimum atomic E-state index is 0. The van der Waals surface area contributed by atoms with Crippen LogP contribution in [0.3, 0.4) is 0 Å². The van der Waals surface area contributed by atoms with Crippen LogP contribution in [0.5, 0.6) is 0 Å². The molecule has 11 heavy (non-hydrogen) atoms. The number of hydrogen-bond donors (Lipinski definition) is 1. The molecule has 1 heterocycles. The predicted molar refractivity (Wildman–Crippen MR) is 51.4 cm³/mol. The molecule has 0 saturated carbocycles. The van der Waals surface area contributed by atoms with Gasteiger partial charge in [0.05, 0.1) is 0 Å². The fourth-order valence-corrected chi connectivity index (χ4v) is 1.53. The van der Waals surface area contributed by atoms with Crippen LogP contribution >= 0.6 is 12.4 Å². The van der Waals surface area contributed by atoms with E-state index in [0.717, 1.165) is 6.04 Å². The number of likely N-dealkylation sites (tertiary alicyclic amines) is 1. The van der Waals surface area contributed by atoms with Crippen molar-refractivity contribution in [2.45, 2.75) is 25.3 Å². The van der Waals surface area contributed by atoms with E-state index in [0.29, 0.717) is 0 Å². The lowest BCUT2D eigenvalue weighted by Gasteiger charge is -2.13. The maximum atomic E-state index is 3.34. The van der Waals surface area contributed by atoms with Crippen LogP contribution in [0.2, 0.25) is 0 Å². The van der Waals surface area contributed by atoms with E-state index >= 15 is 0 Å². The molecule has 2 nitrogen and oxygen atoms in total. The molecule has 3 heteroatoms. The molecule has 0 aromatic heterocycles. The highest BCUT2D eigenvalue weighted by atomic mass is 35.5. The van der Waals surface area contributed by atoms with Crippen LogP contribution in [0, 0.1) is 0 Å². The molecule has 1 atom stereocenters. The topological polar surface area (TPSA) is 15.3 Å². The Kier molecular flexibility index (Phi) is 5.92. The van der Waals surface area contributed by atoms with Gasteiger partial charge in [-0.1, -0.05) is 0 Å². The summed E-state index contributed by atoms with van der Waals surface area (Å²) in [5, 5.41) is 3.34. The molecule has 0 radical (unpaired) electrons. The van der Waals surface area contributed by atoms with E-state index in [9.17, 15) is 0 Å². The van der Waals surface area contributed by atoms with Crippen LogP contribution in [0.25, 0.3) is 0 Å². The molecule has 1 aliphatic heterocycles. The van der Waals surface area contributed by atoms with Crippen LogP contribution in [-0.4, -0.2) is 38.1 Å². The lowest BCUT2D eigenvalue weighted by molar-refractivity contribution is 0.345. The summed E-state index contributed by atoms with van der Waals surface area (Å²) in [5.74, 6) is 0. The minimum Gasteiger partial charge on any atom is -0.317 e. The quantitative estimate of drug-likeness (QED) is 0.648. The number of rotatable bonds is 1. The zero-order chi connectivity index (χ0) is 7.40. The number of nitrogens with zero attached hydrogens (tertiary/aromatic N) is 1. The van der Waals surface area contributed by atoms with E-state index < -0.39 is 0 Å². The maximum Gasteiger partial charge on any atom is 0.00767 e. The Morgan fingerprint density at radius 3 is 2.64 bits per heavy atom. The zero-order valence-corrected chi connectivity index (χ0v) is 8.28. The van der Waals surface area contributed by atoms with E-state index in [2.05, 4.69) is 24.3 Å². The third kappa shape index (κ3) is 3.94. The number of nitrogens with one attached hydrogen (secondary N) is 1. The van der Waals surface area contributed by atoms with E-state index in [1.54, 1.807) is 0 Å². The highest BCUT2D eigenvalue weighted by Gasteiger charge is 2.11. The molecule has 1 unspecified atom stereocenters. The van der Waals surface area contributed by atoms with Crippen molar-refractivity contribution in [3.8, 4) is 0 Å². The van der Waals surface area contributed by atoms with Crippen LogP contribution in [0.4, 0.5) is 0 Å². The molecule has 0 amide bonds. The van der Waals surface area contributed by atoms with Gasteiger partial charge in [0, 0.05) is 6.04 Å². The summed E-state index contributed by atoms with van der Waals surface area (Å²) in [6, 6.07) is 0.768. The van der Waals surface area contributed by atoms with Crippen molar-refractivity contribution < 1.29 is 0 Å². The molecule has 0 spiro atoms. The number of hydrogen-bond acceptors (Lipinski definition) is 2. The van der Waals surface area contributed by atoms with E-state index in [1.165, 1.54) is 32.4 Å². The molecule has 1 saturated heterocycles. The molecule has 1 N–H and O–H groups in total. The summed E-state index contributed by atoms with van der Waals surface area (Å²) in [6.07, 6.45) is 4.01. The fourth-order valence-electron chi connectivity index (χ4n) is 1.53. The number of halogens is 1. The second kappa shape index (κ2) is 5.81. The summed E-state index contributed by atoms with van der Waals surface area (Å²) >= 11 is 0. The van der Waals surface area contributed by atoms with Crippen LogP contribution in [0.15, 0.2) is 0 Å². The van der Waals surface area contributed by atoms with Gasteiger partial charge in [-0.15, -0.1) is 12.4 Å². The van der Waals surface area contributed by atoms with Gasteiger partial charge in [-0.2, -0.15) is 0 Å². The molecule has 1 aliphatic rings. The van der Waals surface area contributed by atoms with Crippen LogP contribution < -0.4 is 5.32 Å². The van der Waals surface area contributed by atoms with Gasteiger partial charge in [0.15, 0.2) is 0 Å². The largest absolute Gasteiger partial charge is 0.317 e. The van der Waals surface area contributed by atoms with Crippen LogP contribution in [0.1, 0.15) is 19.3 Å².